The summed E-state index contributed by atoms with van der Waals surface area (Å²) < 4.78 is 0.954. The molecular formula is C14H18BrN3O2. The van der Waals surface area contributed by atoms with Crippen molar-refractivity contribution in [1.29, 1.82) is 0 Å². The lowest BCUT2D eigenvalue weighted by Crippen LogP contribution is -2.33. The minimum atomic E-state index is -0.303. The van der Waals surface area contributed by atoms with Gasteiger partial charge in [-0.05, 0) is 43.0 Å². The highest BCUT2D eigenvalue weighted by Gasteiger charge is 2.21. The highest BCUT2D eigenvalue weighted by molar-refractivity contribution is 9.10. The van der Waals surface area contributed by atoms with Crippen molar-refractivity contribution in [3.05, 3.63) is 28.7 Å². The smallest absolute Gasteiger partial charge is 0.319 e. The molecule has 1 fully saturated rings. The highest BCUT2D eigenvalue weighted by atomic mass is 79.9. The van der Waals surface area contributed by atoms with Crippen LogP contribution >= 0.6 is 15.9 Å². The molecule has 0 aliphatic heterocycles. The fourth-order valence-corrected chi connectivity index (χ4v) is 1.93. The van der Waals surface area contributed by atoms with Crippen molar-refractivity contribution in [2.45, 2.75) is 19.3 Å². The molecule has 1 aromatic rings. The second kappa shape index (κ2) is 7.28. The molecule has 0 unspecified atom stereocenters. The van der Waals surface area contributed by atoms with Gasteiger partial charge in [-0.3, -0.25) is 4.79 Å². The molecule has 0 spiro atoms. The number of carbonyl (C=O) groups is 2. The Bertz CT molecular complexity index is 472. The lowest BCUT2D eigenvalue weighted by atomic mass is 10.3. The van der Waals surface area contributed by atoms with Gasteiger partial charge in [0.05, 0.1) is 0 Å². The van der Waals surface area contributed by atoms with Crippen LogP contribution in [0, 0.1) is 5.92 Å². The van der Waals surface area contributed by atoms with Gasteiger partial charge in [-0.1, -0.05) is 15.9 Å². The number of urea groups is 1. The maximum atomic E-state index is 11.6. The molecule has 1 aliphatic rings. The first-order valence-electron chi connectivity index (χ1n) is 6.70. The average molecular weight is 340 g/mol. The van der Waals surface area contributed by atoms with Crippen LogP contribution in [0.5, 0.6) is 0 Å². The molecule has 3 N–H and O–H groups in total. The summed E-state index contributed by atoms with van der Waals surface area (Å²) in [5, 5.41) is 8.22. The summed E-state index contributed by atoms with van der Waals surface area (Å²) in [5.41, 5.74) is 0.712. The number of hydrogen-bond acceptors (Lipinski definition) is 2. The standard InChI is InChI=1S/C14H18BrN3O2/c15-11-3-5-12(6-4-11)18-14(20)16-8-7-13(19)17-9-10-1-2-10/h3-6,10H,1-2,7-9H2,(H,17,19)(H2,16,18,20). The number of benzene rings is 1. The Morgan fingerprint density at radius 1 is 1.15 bits per heavy atom. The van der Waals surface area contributed by atoms with Crippen molar-refractivity contribution in [3.63, 3.8) is 0 Å². The molecule has 2 rings (SSSR count). The fourth-order valence-electron chi connectivity index (χ4n) is 1.67. The summed E-state index contributed by atoms with van der Waals surface area (Å²) in [4.78, 5) is 23.1. The van der Waals surface area contributed by atoms with Gasteiger partial charge >= 0.3 is 6.03 Å². The van der Waals surface area contributed by atoms with Gasteiger partial charge in [0.2, 0.25) is 5.91 Å². The quantitative estimate of drug-likeness (QED) is 0.745. The maximum Gasteiger partial charge on any atom is 0.319 e. The second-order valence-corrected chi connectivity index (χ2v) is 5.80. The lowest BCUT2D eigenvalue weighted by molar-refractivity contribution is -0.121. The second-order valence-electron chi connectivity index (χ2n) is 4.89. The zero-order valence-electron chi connectivity index (χ0n) is 11.1. The van der Waals surface area contributed by atoms with E-state index >= 15 is 0 Å². The zero-order valence-corrected chi connectivity index (χ0v) is 12.7. The van der Waals surface area contributed by atoms with Crippen LogP contribution in [-0.2, 0) is 4.79 Å². The van der Waals surface area contributed by atoms with Crippen molar-refractivity contribution in [2.24, 2.45) is 5.92 Å². The number of anilines is 1. The Morgan fingerprint density at radius 3 is 2.50 bits per heavy atom. The van der Waals surface area contributed by atoms with Crippen LogP contribution in [0.1, 0.15) is 19.3 Å². The summed E-state index contributed by atoms with van der Waals surface area (Å²) >= 11 is 3.33. The molecule has 1 aliphatic carbocycles. The molecule has 0 bridgehead atoms. The fraction of sp³-hybridized carbons (Fsp3) is 0.429. The Labute approximate surface area is 126 Å². The highest BCUT2D eigenvalue weighted by Crippen LogP contribution is 2.27. The third-order valence-electron chi connectivity index (χ3n) is 3.02. The third kappa shape index (κ3) is 5.61. The normalized spacial score (nSPS) is 13.7. The third-order valence-corrected chi connectivity index (χ3v) is 3.55. The van der Waals surface area contributed by atoms with Gasteiger partial charge in [-0.25, -0.2) is 4.79 Å². The minimum absolute atomic E-state index is 0.0131. The van der Waals surface area contributed by atoms with Gasteiger partial charge in [0, 0.05) is 29.7 Å². The Balaban J connectivity index is 1.59. The number of halogens is 1. The van der Waals surface area contributed by atoms with E-state index in [0.29, 0.717) is 24.6 Å². The molecule has 108 valence electrons. The Kier molecular flexibility index (Phi) is 5.40. The molecule has 1 aromatic carbocycles. The van der Waals surface area contributed by atoms with Crippen LogP contribution in [0.2, 0.25) is 0 Å². The first kappa shape index (κ1) is 14.8. The van der Waals surface area contributed by atoms with Crippen molar-refractivity contribution < 1.29 is 9.59 Å². The summed E-state index contributed by atoms with van der Waals surface area (Å²) in [7, 11) is 0. The van der Waals surface area contributed by atoms with Gasteiger partial charge in [0.1, 0.15) is 0 Å². The molecule has 0 radical (unpaired) electrons. The molecule has 20 heavy (non-hydrogen) atoms. The first-order valence-corrected chi connectivity index (χ1v) is 7.50. The van der Waals surface area contributed by atoms with Gasteiger partial charge in [-0.2, -0.15) is 0 Å². The van der Waals surface area contributed by atoms with E-state index < -0.39 is 0 Å². The van der Waals surface area contributed by atoms with Crippen molar-refractivity contribution >= 4 is 33.6 Å². The molecular weight excluding hydrogens is 322 g/mol. The van der Waals surface area contributed by atoms with Crippen molar-refractivity contribution in [1.82, 2.24) is 10.6 Å². The molecule has 5 nitrogen and oxygen atoms in total. The molecule has 0 saturated heterocycles. The largest absolute Gasteiger partial charge is 0.356 e. The summed E-state index contributed by atoms with van der Waals surface area (Å²) in [6.45, 7) is 1.10. The van der Waals surface area contributed by atoms with E-state index in [4.69, 9.17) is 0 Å². The molecule has 1 saturated carbocycles. The minimum Gasteiger partial charge on any atom is -0.356 e. The average Bonchev–Trinajstić information content (AvgIpc) is 3.23. The number of hydrogen-bond donors (Lipinski definition) is 3. The first-order chi connectivity index (χ1) is 9.63. The van der Waals surface area contributed by atoms with Crippen LogP contribution in [0.25, 0.3) is 0 Å². The van der Waals surface area contributed by atoms with E-state index in [2.05, 4.69) is 31.9 Å². The van der Waals surface area contributed by atoms with E-state index in [-0.39, 0.29) is 11.9 Å². The van der Waals surface area contributed by atoms with E-state index in [1.54, 1.807) is 12.1 Å². The van der Waals surface area contributed by atoms with Crippen LogP contribution in [0.3, 0.4) is 0 Å². The molecule has 0 atom stereocenters. The molecule has 3 amide bonds. The SMILES string of the molecule is O=C(CCNC(=O)Nc1ccc(Br)cc1)NCC1CC1. The predicted molar refractivity (Wildman–Crippen MR) is 81.5 cm³/mol. The van der Waals surface area contributed by atoms with Crippen molar-refractivity contribution in [3.8, 4) is 0 Å². The maximum absolute atomic E-state index is 11.6. The Morgan fingerprint density at radius 2 is 1.85 bits per heavy atom. The summed E-state index contributed by atoms with van der Waals surface area (Å²) in [6.07, 6.45) is 2.74. The van der Waals surface area contributed by atoms with Crippen LogP contribution in [0.15, 0.2) is 28.7 Å². The van der Waals surface area contributed by atoms with Crippen LogP contribution < -0.4 is 16.0 Å². The summed E-state index contributed by atoms with van der Waals surface area (Å²) in [6, 6.07) is 6.99. The van der Waals surface area contributed by atoms with E-state index in [1.807, 2.05) is 12.1 Å². The topological polar surface area (TPSA) is 70.2 Å². The molecule has 0 aromatic heterocycles. The van der Waals surface area contributed by atoms with Crippen molar-refractivity contribution in [2.75, 3.05) is 18.4 Å². The van der Waals surface area contributed by atoms with E-state index in [9.17, 15) is 9.59 Å². The molecule has 6 heteroatoms. The monoisotopic (exact) mass is 339 g/mol. The molecule has 0 heterocycles. The number of carbonyl (C=O) groups excluding carboxylic acids is 2. The van der Waals surface area contributed by atoms with Crippen LogP contribution in [-0.4, -0.2) is 25.0 Å². The summed E-state index contributed by atoms with van der Waals surface area (Å²) in [5.74, 6) is 0.661. The zero-order chi connectivity index (χ0) is 14.4. The number of rotatable bonds is 6. The Hall–Kier alpha value is -1.56. The van der Waals surface area contributed by atoms with Gasteiger partial charge in [0.15, 0.2) is 0 Å². The van der Waals surface area contributed by atoms with E-state index in [1.165, 1.54) is 12.8 Å². The van der Waals surface area contributed by atoms with Gasteiger partial charge < -0.3 is 16.0 Å². The lowest BCUT2D eigenvalue weighted by Gasteiger charge is -2.08. The number of nitrogens with one attached hydrogen (secondary N) is 3. The predicted octanol–water partition coefficient (Wildman–Crippen LogP) is 2.49. The van der Waals surface area contributed by atoms with Gasteiger partial charge in [0.25, 0.3) is 0 Å². The van der Waals surface area contributed by atoms with Gasteiger partial charge in [-0.15, -0.1) is 0 Å². The van der Waals surface area contributed by atoms with Crippen LogP contribution in [0.4, 0.5) is 10.5 Å². The van der Waals surface area contributed by atoms with E-state index in [0.717, 1.165) is 11.0 Å². The number of amides is 3.